The molecule has 146 valence electrons. The summed E-state index contributed by atoms with van der Waals surface area (Å²) < 4.78 is 18.7. The largest absolute Gasteiger partial charge is 0.367 e. The number of anilines is 1. The normalized spacial score (nSPS) is 15.1. The summed E-state index contributed by atoms with van der Waals surface area (Å²) in [6.45, 7) is 6.69. The summed E-state index contributed by atoms with van der Waals surface area (Å²) in [5.74, 6) is 0.696. The Hall–Kier alpha value is -2.58. The molecule has 0 saturated carbocycles. The summed E-state index contributed by atoms with van der Waals surface area (Å²) >= 11 is 5.66. The molecule has 1 saturated heterocycles. The van der Waals surface area contributed by atoms with Crippen molar-refractivity contribution in [3.05, 3.63) is 59.4 Å². The predicted molar refractivity (Wildman–Crippen MR) is 110 cm³/mol. The van der Waals surface area contributed by atoms with Gasteiger partial charge >= 0.3 is 0 Å². The van der Waals surface area contributed by atoms with E-state index in [0.29, 0.717) is 17.1 Å². The Labute approximate surface area is 168 Å². The molecule has 0 bridgehead atoms. The average molecular weight is 399 g/mol. The van der Waals surface area contributed by atoms with Crippen LogP contribution >= 0.6 is 12.2 Å². The van der Waals surface area contributed by atoms with Gasteiger partial charge in [0.05, 0.1) is 12.4 Å². The maximum Gasteiger partial charge on any atom is 0.199 e. The number of aromatic nitrogens is 4. The molecule has 0 N–H and O–H groups in total. The van der Waals surface area contributed by atoms with Crippen LogP contribution < -0.4 is 4.90 Å². The molecule has 4 rings (SSSR count). The Morgan fingerprint density at radius 2 is 1.75 bits per heavy atom. The average Bonchev–Trinajstić information content (AvgIpc) is 3.05. The lowest BCUT2D eigenvalue weighted by Gasteiger charge is -2.35. The van der Waals surface area contributed by atoms with Crippen LogP contribution in [0.15, 0.2) is 48.8 Å². The summed E-state index contributed by atoms with van der Waals surface area (Å²) in [6, 6.07) is 10.8. The van der Waals surface area contributed by atoms with Crippen molar-refractivity contribution in [2.45, 2.75) is 20.1 Å². The van der Waals surface area contributed by atoms with E-state index in [-0.39, 0.29) is 5.82 Å². The van der Waals surface area contributed by atoms with Crippen LogP contribution in [0, 0.1) is 10.6 Å². The highest BCUT2D eigenvalue weighted by molar-refractivity contribution is 7.71. The van der Waals surface area contributed by atoms with Crippen LogP contribution in [0.3, 0.4) is 0 Å². The fourth-order valence-electron chi connectivity index (χ4n) is 3.56. The van der Waals surface area contributed by atoms with E-state index < -0.39 is 0 Å². The lowest BCUT2D eigenvalue weighted by Crippen LogP contribution is -2.47. The minimum absolute atomic E-state index is 0.165. The van der Waals surface area contributed by atoms with Crippen LogP contribution in [-0.2, 0) is 13.2 Å². The van der Waals surface area contributed by atoms with Gasteiger partial charge in [0, 0.05) is 50.7 Å². The molecule has 8 heteroatoms. The van der Waals surface area contributed by atoms with Gasteiger partial charge in [-0.05, 0) is 43.4 Å². The van der Waals surface area contributed by atoms with Crippen molar-refractivity contribution in [3.63, 3.8) is 0 Å². The highest BCUT2D eigenvalue weighted by Crippen LogP contribution is 2.21. The number of para-hydroxylation sites is 1. The standard InChI is InChI=1S/C20H23FN6S/c1-2-26-19(16-7-9-22-10-8-16)23-27(20(26)28)15-24-11-13-25(14-12-24)18-6-4-3-5-17(18)21/h3-10H,2,11-15H2,1H3. The Balaban J connectivity index is 1.48. The van der Waals surface area contributed by atoms with Crippen LogP contribution in [0.4, 0.5) is 10.1 Å². The molecule has 0 aliphatic carbocycles. The molecule has 1 fully saturated rings. The Morgan fingerprint density at radius 1 is 1.04 bits per heavy atom. The highest BCUT2D eigenvalue weighted by Gasteiger charge is 2.21. The zero-order chi connectivity index (χ0) is 19.5. The molecule has 1 aromatic carbocycles. The lowest BCUT2D eigenvalue weighted by atomic mass is 10.2. The molecule has 6 nitrogen and oxygen atoms in total. The van der Waals surface area contributed by atoms with Gasteiger partial charge in [-0.1, -0.05) is 12.1 Å². The fraction of sp³-hybridized carbons (Fsp3) is 0.350. The van der Waals surface area contributed by atoms with Crippen LogP contribution in [0.1, 0.15) is 6.92 Å². The van der Waals surface area contributed by atoms with Crippen molar-refractivity contribution in [3.8, 4) is 11.4 Å². The smallest absolute Gasteiger partial charge is 0.199 e. The first-order valence-electron chi connectivity index (χ1n) is 9.47. The van der Waals surface area contributed by atoms with Crippen molar-refractivity contribution in [2.75, 3.05) is 31.1 Å². The molecular weight excluding hydrogens is 375 g/mol. The molecule has 0 unspecified atom stereocenters. The first-order valence-corrected chi connectivity index (χ1v) is 9.88. The zero-order valence-electron chi connectivity index (χ0n) is 15.8. The van der Waals surface area contributed by atoms with Gasteiger partial charge in [-0.3, -0.25) is 9.88 Å². The van der Waals surface area contributed by atoms with Gasteiger partial charge in [0.2, 0.25) is 0 Å². The molecule has 0 spiro atoms. The van der Waals surface area contributed by atoms with E-state index in [4.69, 9.17) is 17.3 Å². The minimum atomic E-state index is -0.165. The third-order valence-corrected chi connectivity index (χ3v) is 5.51. The van der Waals surface area contributed by atoms with Gasteiger partial charge in [0.15, 0.2) is 10.6 Å². The second-order valence-corrected chi connectivity index (χ2v) is 7.15. The number of nitrogens with zero attached hydrogens (tertiary/aromatic N) is 6. The zero-order valence-corrected chi connectivity index (χ0v) is 16.6. The van der Waals surface area contributed by atoms with Crippen LogP contribution in [-0.4, -0.2) is 50.4 Å². The molecular formula is C20H23FN6S. The summed E-state index contributed by atoms with van der Waals surface area (Å²) in [5, 5.41) is 4.77. The van der Waals surface area contributed by atoms with E-state index in [1.54, 1.807) is 18.5 Å². The number of hydrogen-bond donors (Lipinski definition) is 0. The first kappa shape index (κ1) is 18.8. The van der Waals surface area contributed by atoms with Crippen LogP contribution in [0.5, 0.6) is 0 Å². The maximum atomic E-state index is 14.0. The third-order valence-electron chi connectivity index (χ3n) is 5.08. The molecule has 0 amide bonds. The SMILES string of the molecule is CCn1c(-c2ccncc2)nn(CN2CCN(c3ccccc3F)CC2)c1=S. The summed E-state index contributed by atoms with van der Waals surface area (Å²) in [4.78, 5) is 8.48. The molecule has 2 aromatic heterocycles. The van der Waals surface area contributed by atoms with Crippen LogP contribution in [0.25, 0.3) is 11.4 Å². The van der Waals surface area contributed by atoms with Gasteiger partial charge in [-0.25, -0.2) is 9.07 Å². The number of benzene rings is 1. The van der Waals surface area contributed by atoms with Crippen molar-refractivity contribution in [1.29, 1.82) is 0 Å². The van der Waals surface area contributed by atoms with E-state index in [1.807, 2.05) is 33.5 Å². The molecule has 28 heavy (non-hydrogen) atoms. The number of piperazine rings is 1. The lowest BCUT2D eigenvalue weighted by molar-refractivity contribution is 0.194. The monoisotopic (exact) mass is 398 g/mol. The van der Waals surface area contributed by atoms with Gasteiger partial charge in [-0.2, -0.15) is 5.10 Å². The van der Waals surface area contributed by atoms with Gasteiger partial charge in [0.25, 0.3) is 0 Å². The van der Waals surface area contributed by atoms with E-state index in [0.717, 1.165) is 44.1 Å². The minimum Gasteiger partial charge on any atom is -0.367 e. The van der Waals surface area contributed by atoms with Crippen molar-refractivity contribution in [1.82, 2.24) is 24.2 Å². The summed E-state index contributed by atoms with van der Waals surface area (Å²) in [5.41, 5.74) is 1.68. The highest BCUT2D eigenvalue weighted by atomic mass is 32.1. The summed E-state index contributed by atoms with van der Waals surface area (Å²) in [6.07, 6.45) is 3.53. The van der Waals surface area contributed by atoms with E-state index in [2.05, 4.69) is 21.7 Å². The van der Waals surface area contributed by atoms with Gasteiger partial charge < -0.3 is 9.47 Å². The topological polar surface area (TPSA) is 42.1 Å². The molecule has 1 aliphatic heterocycles. The van der Waals surface area contributed by atoms with Crippen LogP contribution in [0.2, 0.25) is 0 Å². The van der Waals surface area contributed by atoms with Gasteiger partial charge in [-0.15, -0.1) is 0 Å². The predicted octanol–water partition coefficient (Wildman–Crippen LogP) is 3.41. The van der Waals surface area contributed by atoms with Gasteiger partial charge in [0.1, 0.15) is 5.82 Å². The van der Waals surface area contributed by atoms with Crippen molar-refractivity contribution >= 4 is 17.9 Å². The van der Waals surface area contributed by atoms with Crippen molar-refractivity contribution < 1.29 is 4.39 Å². The number of pyridine rings is 1. The molecule has 0 radical (unpaired) electrons. The Morgan fingerprint density at radius 3 is 2.43 bits per heavy atom. The van der Waals surface area contributed by atoms with E-state index in [1.165, 1.54) is 6.07 Å². The van der Waals surface area contributed by atoms with E-state index in [9.17, 15) is 4.39 Å². The number of halogens is 1. The molecule has 0 atom stereocenters. The third kappa shape index (κ3) is 3.70. The molecule has 3 aromatic rings. The molecule has 3 heterocycles. The number of rotatable bonds is 5. The summed E-state index contributed by atoms with van der Waals surface area (Å²) in [7, 11) is 0. The quantitative estimate of drug-likeness (QED) is 0.616. The fourth-order valence-corrected chi connectivity index (χ4v) is 3.87. The Kier molecular flexibility index (Phi) is 5.50. The first-order chi connectivity index (χ1) is 13.7. The number of hydrogen-bond acceptors (Lipinski definition) is 5. The second-order valence-electron chi connectivity index (χ2n) is 6.78. The maximum absolute atomic E-state index is 14.0. The second kappa shape index (κ2) is 8.20. The van der Waals surface area contributed by atoms with E-state index >= 15 is 0 Å². The molecule has 1 aliphatic rings. The Bertz CT molecular complexity index is 991. The van der Waals surface area contributed by atoms with Crippen molar-refractivity contribution in [2.24, 2.45) is 0 Å².